The number of rotatable bonds is 2. The summed E-state index contributed by atoms with van der Waals surface area (Å²) in [5, 5.41) is 6.26. The van der Waals surface area contributed by atoms with Crippen LogP contribution in [0.2, 0.25) is 0 Å². The summed E-state index contributed by atoms with van der Waals surface area (Å²) in [4.78, 5) is 5.08. The first kappa shape index (κ1) is 21.2. The molecular weight excluding hydrogens is 460 g/mol. The summed E-state index contributed by atoms with van der Waals surface area (Å²) in [7, 11) is 0. The molecule has 0 aliphatic rings. The Balaban J connectivity index is 1.32. The number of pyridine rings is 1. The highest BCUT2D eigenvalue weighted by molar-refractivity contribution is 6.14. The van der Waals surface area contributed by atoms with Gasteiger partial charge in [0, 0.05) is 10.8 Å². The van der Waals surface area contributed by atoms with E-state index in [9.17, 15) is 0 Å². The third kappa shape index (κ3) is 3.04. The van der Waals surface area contributed by atoms with Gasteiger partial charge in [0.25, 0.3) is 0 Å². The Morgan fingerprint density at radius 1 is 0.474 bits per heavy atom. The van der Waals surface area contributed by atoms with Gasteiger partial charge in [0.1, 0.15) is 5.65 Å². The first-order valence-electron chi connectivity index (χ1n) is 13.1. The molecule has 0 atom stereocenters. The molecule has 2 heteroatoms. The lowest BCUT2D eigenvalue weighted by atomic mass is 9.94. The molecule has 38 heavy (non-hydrogen) atoms. The van der Waals surface area contributed by atoms with Crippen LogP contribution in [0.4, 0.5) is 0 Å². The molecule has 0 spiro atoms. The highest BCUT2D eigenvalue weighted by atomic mass is 15.0. The molecule has 6 aromatic carbocycles. The predicted octanol–water partition coefficient (Wildman–Crippen LogP) is 9.59. The van der Waals surface area contributed by atoms with Gasteiger partial charge < -0.3 is 0 Å². The van der Waals surface area contributed by atoms with Gasteiger partial charge in [-0.15, -0.1) is 0 Å². The van der Waals surface area contributed by atoms with Gasteiger partial charge >= 0.3 is 0 Å². The number of benzene rings is 6. The van der Waals surface area contributed by atoms with Gasteiger partial charge in [-0.3, -0.25) is 4.40 Å². The van der Waals surface area contributed by atoms with Crippen molar-refractivity contribution < 1.29 is 0 Å². The molecule has 178 valence electrons. The van der Waals surface area contributed by atoms with E-state index in [0.29, 0.717) is 0 Å². The van der Waals surface area contributed by atoms with Crippen molar-refractivity contribution in [1.82, 2.24) is 9.38 Å². The number of aromatic nitrogens is 2. The fourth-order valence-electron chi connectivity index (χ4n) is 6.05. The van der Waals surface area contributed by atoms with E-state index in [4.69, 9.17) is 4.98 Å². The molecule has 0 aliphatic carbocycles. The molecule has 0 saturated heterocycles. The van der Waals surface area contributed by atoms with Crippen LogP contribution in [0.25, 0.3) is 71.4 Å². The van der Waals surface area contributed by atoms with Crippen molar-refractivity contribution in [2.75, 3.05) is 0 Å². The van der Waals surface area contributed by atoms with Crippen molar-refractivity contribution >= 4 is 49.1 Å². The maximum atomic E-state index is 5.08. The van der Waals surface area contributed by atoms with Crippen LogP contribution < -0.4 is 0 Å². The SMILES string of the molecule is Cc1cccc2c(-c3ccc(-c4ccc5c6ccccc6n6c7ccccc7nc6c5c4)cc3)cccc12. The van der Waals surface area contributed by atoms with Crippen molar-refractivity contribution in [3.05, 3.63) is 133 Å². The number of nitrogens with zero attached hydrogens (tertiary/aromatic N) is 2. The molecule has 0 bridgehead atoms. The number of fused-ring (bicyclic) bond motifs is 9. The maximum absolute atomic E-state index is 5.08. The van der Waals surface area contributed by atoms with Gasteiger partial charge in [0.15, 0.2) is 0 Å². The highest BCUT2D eigenvalue weighted by Gasteiger charge is 2.14. The first-order chi connectivity index (χ1) is 18.8. The average Bonchev–Trinajstić information content (AvgIpc) is 3.37. The van der Waals surface area contributed by atoms with Crippen LogP contribution in [0, 0.1) is 6.92 Å². The standard InChI is InChI=1S/C36H24N2/c1-23-8-6-12-29-27(23)10-7-11-28(29)25-18-16-24(17-19-25)26-20-21-30-31-9-2-4-14-34(31)38-35-15-5-3-13-33(35)37-36(38)32(30)22-26/h2-22H,1H3. The Morgan fingerprint density at radius 2 is 1.16 bits per heavy atom. The van der Waals surface area contributed by atoms with Gasteiger partial charge in [0.05, 0.1) is 16.6 Å². The Labute approximate surface area is 220 Å². The summed E-state index contributed by atoms with van der Waals surface area (Å²) in [6.07, 6.45) is 0. The number of hydrogen-bond acceptors (Lipinski definition) is 1. The van der Waals surface area contributed by atoms with E-state index in [-0.39, 0.29) is 0 Å². The van der Waals surface area contributed by atoms with Crippen LogP contribution >= 0.6 is 0 Å². The second kappa shape index (κ2) is 8.03. The second-order valence-corrected chi connectivity index (χ2v) is 10.1. The van der Waals surface area contributed by atoms with E-state index in [0.717, 1.165) is 16.7 Å². The zero-order valence-corrected chi connectivity index (χ0v) is 21.0. The first-order valence-corrected chi connectivity index (χ1v) is 13.1. The lowest BCUT2D eigenvalue weighted by molar-refractivity contribution is 1.31. The van der Waals surface area contributed by atoms with Crippen molar-refractivity contribution in [2.45, 2.75) is 6.92 Å². The van der Waals surface area contributed by atoms with E-state index in [2.05, 4.69) is 139 Å². The Morgan fingerprint density at radius 3 is 2.05 bits per heavy atom. The summed E-state index contributed by atoms with van der Waals surface area (Å²) in [5.41, 5.74) is 10.6. The molecule has 0 fully saturated rings. The van der Waals surface area contributed by atoms with Crippen LogP contribution in [0.5, 0.6) is 0 Å². The molecule has 2 aromatic heterocycles. The summed E-state index contributed by atoms with van der Waals surface area (Å²) in [6.45, 7) is 2.18. The second-order valence-electron chi connectivity index (χ2n) is 10.1. The predicted molar refractivity (Wildman–Crippen MR) is 161 cm³/mol. The largest absolute Gasteiger partial charge is 0.292 e. The smallest absolute Gasteiger partial charge is 0.146 e. The van der Waals surface area contributed by atoms with Crippen LogP contribution in [-0.4, -0.2) is 9.38 Å². The zero-order valence-electron chi connectivity index (χ0n) is 21.0. The van der Waals surface area contributed by atoms with Gasteiger partial charge in [-0.05, 0) is 75.2 Å². The van der Waals surface area contributed by atoms with Crippen molar-refractivity contribution in [1.29, 1.82) is 0 Å². The third-order valence-corrected chi connectivity index (χ3v) is 7.93. The maximum Gasteiger partial charge on any atom is 0.146 e. The third-order valence-electron chi connectivity index (χ3n) is 7.93. The molecule has 0 N–H and O–H groups in total. The molecule has 0 unspecified atom stereocenters. The molecular formula is C36H24N2. The fourth-order valence-corrected chi connectivity index (χ4v) is 6.05. The van der Waals surface area contributed by atoms with Crippen LogP contribution in [0.1, 0.15) is 5.56 Å². The van der Waals surface area contributed by atoms with Crippen molar-refractivity contribution in [2.24, 2.45) is 0 Å². The normalized spacial score (nSPS) is 11.8. The Kier molecular flexibility index (Phi) is 4.47. The molecule has 8 aromatic rings. The lowest BCUT2D eigenvalue weighted by Gasteiger charge is -2.12. The van der Waals surface area contributed by atoms with E-state index < -0.39 is 0 Å². The average molecular weight is 485 g/mol. The van der Waals surface area contributed by atoms with E-state index >= 15 is 0 Å². The Hall–Kier alpha value is -4.95. The summed E-state index contributed by atoms with van der Waals surface area (Å²) < 4.78 is 2.31. The molecule has 0 saturated carbocycles. The minimum Gasteiger partial charge on any atom is -0.292 e. The quantitative estimate of drug-likeness (QED) is 0.223. The van der Waals surface area contributed by atoms with Crippen LogP contribution in [0.3, 0.4) is 0 Å². The van der Waals surface area contributed by atoms with E-state index in [1.54, 1.807) is 0 Å². The molecule has 2 nitrogen and oxygen atoms in total. The summed E-state index contributed by atoms with van der Waals surface area (Å²) in [6, 6.07) is 45.9. The van der Waals surface area contributed by atoms with E-state index in [1.807, 2.05) is 0 Å². The monoisotopic (exact) mass is 484 g/mol. The minimum atomic E-state index is 1.00. The summed E-state index contributed by atoms with van der Waals surface area (Å²) in [5.74, 6) is 0. The highest BCUT2D eigenvalue weighted by Crippen LogP contribution is 2.36. The Bertz CT molecular complexity index is 2180. The molecule has 8 rings (SSSR count). The molecule has 2 heterocycles. The molecule has 0 radical (unpaired) electrons. The van der Waals surface area contributed by atoms with Gasteiger partial charge in [0.2, 0.25) is 0 Å². The van der Waals surface area contributed by atoms with Gasteiger partial charge in [-0.25, -0.2) is 4.98 Å². The molecule has 0 aliphatic heterocycles. The number of hydrogen-bond donors (Lipinski definition) is 0. The number of imidazole rings is 1. The topological polar surface area (TPSA) is 17.3 Å². The van der Waals surface area contributed by atoms with E-state index in [1.165, 1.54) is 60.3 Å². The minimum absolute atomic E-state index is 1.00. The van der Waals surface area contributed by atoms with Crippen molar-refractivity contribution in [3.8, 4) is 22.3 Å². The van der Waals surface area contributed by atoms with Crippen LogP contribution in [0.15, 0.2) is 127 Å². The lowest BCUT2D eigenvalue weighted by Crippen LogP contribution is -1.92. The number of para-hydroxylation sites is 3. The van der Waals surface area contributed by atoms with Gasteiger partial charge in [-0.1, -0.05) is 103 Å². The summed E-state index contributed by atoms with van der Waals surface area (Å²) >= 11 is 0. The molecule has 0 amide bonds. The number of aryl methyl sites for hydroxylation is 1. The van der Waals surface area contributed by atoms with Crippen LogP contribution in [-0.2, 0) is 0 Å². The van der Waals surface area contributed by atoms with Gasteiger partial charge in [-0.2, -0.15) is 0 Å². The zero-order chi connectivity index (χ0) is 25.2. The van der Waals surface area contributed by atoms with Crippen molar-refractivity contribution in [3.63, 3.8) is 0 Å². The fraction of sp³-hybridized carbons (Fsp3) is 0.0278.